The molecule has 1 heterocycles. The molecule has 0 aliphatic carbocycles. The second-order valence-corrected chi connectivity index (χ2v) is 6.14. The minimum atomic E-state index is -0.449. The number of benzene rings is 1. The number of aliphatic imine (C=N–C) groups is 1. The van der Waals surface area contributed by atoms with Crippen molar-refractivity contribution < 1.29 is 19.1 Å². The molecule has 0 bridgehead atoms. The zero-order valence-corrected chi connectivity index (χ0v) is 14.3. The summed E-state index contributed by atoms with van der Waals surface area (Å²) in [6.07, 6.45) is 1.65. The minimum absolute atomic E-state index is 0.219. The molecule has 1 aromatic carbocycles. The molecule has 0 spiro atoms. The Balaban J connectivity index is 2.40. The maximum atomic E-state index is 11.6. The Morgan fingerprint density at radius 3 is 2.77 bits per heavy atom. The molecule has 0 fully saturated rings. The van der Waals surface area contributed by atoms with Gasteiger partial charge in [-0.2, -0.15) is 4.99 Å². The quantitative estimate of drug-likeness (QED) is 0.487. The van der Waals surface area contributed by atoms with Crippen LogP contribution in [0.2, 0.25) is 0 Å². The predicted octanol–water partition coefficient (Wildman–Crippen LogP) is 2.70. The third-order valence-electron chi connectivity index (χ3n) is 2.51. The van der Waals surface area contributed by atoms with Gasteiger partial charge in [0.25, 0.3) is 5.91 Å². The lowest BCUT2D eigenvalue weighted by Crippen LogP contribution is -2.05. The van der Waals surface area contributed by atoms with E-state index in [0.717, 1.165) is 11.8 Å². The van der Waals surface area contributed by atoms with E-state index in [1.807, 2.05) is 6.92 Å². The van der Waals surface area contributed by atoms with E-state index in [1.54, 1.807) is 18.2 Å². The number of carbonyl (C=O) groups is 2. The molecule has 8 heteroatoms. The Morgan fingerprint density at radius 1 is 1.50 bits per heavy atom. The van der Waals surface area contributed by atoms with Crippen molar-refractivity contribution in [3.8, 4) is 11.5 Å². The summed E-state index contributed by atoms with van der Waals surface area (Å²) in [5.74, 6) is -0.114. The number of nitrogens with two attached hydrogens (primary N) is 1. The fourth-order valence-electron chi connectivity index (χ4n) is 1.75. The summed E-state index contributed by atoms with van der Waals surface area (Å²) in [6.45, 7) is 3.54. The van der Waals surface area contributed by atoms with Crippen molar-refractivity contribution in [1.29, 1.82) is 0 Å². The topological polar surface area (TPSA) is 91.0 Å². The predicted molar refractivity (Wildman–Crippen MR) is 88.8 cm³/mol. The van der Waals surface area contributed by atoms with Crippen LogP contribution in [0.3, 0.4) is 0 Å². The second-order valence-electron chi connectivity index (χ2n) is 4.22. The van der Waals surface area contributed by atoms with E-state index in [4.69, 9.17) is 15.2 Å². The van der Waals surface area contributed by atoms with Crippen LogP contribution in [0, 0.1) is 0 Å². The van der Waals surface area contributed by atoms with Gasteiger partial charge in [-0.3, -0.25) is 9.59 Å². The zero-order chi connectivity index (χ0) is 16.3. The van der Waals surface area contributed by atoms with Crippen molar-refractivity contribution in [2.24, 2.45) is 10.7 Å². The van der Waals surface area contributed by atoms with Crippen LogP contribution in [0.5, 0.6) is 11.5 Å². The number of ether oxygens (including phenoxy) is 2. The van der Waals surface area contributed by atoms with E-state index in [0.29, 0.717) is 33.0 Å². The lowest BCUT2D eigenvalue weighted by atomic mass is 10.2. The number of thioether (sulfide) groups is 1. The molecule has 0 saturated carbocycles. The Morgan fingerprint density at radius 2 is 2.23 bits per heavy atom. The molecule has 6 nitrogen and oxygen atoms in total. The van der Waals surface area contributed by atoms with Gasteiger partial charge in [0.1, 0.15) is 0 Å². The number of carbonyl (C=O) groups excluding carboxylic acids is 2. The average Bonchev–Trinajstić information content (AvgIpc) is 2.72. The Hall–Kier alpha value is -1.80. The molecule has 0 radical (unpaired) electrons. The first-order chi connectivity index (χ1) is 10.4. The highest BCUT2D eigenvalue weighted by Crippen LogP contribution is 2.38. The van der Waals surface area contributed by atoms with Gasteiger partial charge in [-0.05, 0) is 58.4 Å². The third kappa shape index (κ3) is 3.89. The molecule has 22 heavy (non-hydrogen) atoms. The van der Waals surface area contributed by atoms with Gasteiger partial charge in [0.15, 0.2) is 16.7 Å². The highest BCUT2D eigenvalue weighted by Gasteiger charge is 2.20. The first kappa shape index (κ1) is 16.6. The standard InChI is InChI=1S/C14H13BrN2O4S/c1-3-20-10-5-8(4-9(15)12(10)21-7(2)18)6-11-13(19)17-14(16)22-11/h4-6H,3H2,1-2H3,(H2,16,17,19)/b11-6-. The summed E-state index contributed by atoms with van der Waals surface area (Å²) in [5.41, 5.74) is 6.22. The molecular weight excluding hydrogens is 372 g/mol. The maximum Gasteiger partial charge on any atom is 0.308 e. The van der Waals surface area contributed by atoms with Crippen molar-refractivity contribution in [1.82, 2.24) is 0 Å². The van der Waals surface area contributed by atoms with Gasteiger partial charge in [-0.15, -0.1) is 0 Å². The van der Waals surface area contributed by atoms with Crippen molar-refractivity contribution >= 4 is 50.8 Å². The fourth-order valence-corrected chi connectivity index (χ4v) is 2.98. The van der Waals surface area contributed by atoms with Crippen LogP contribution in [0.4, 0.5) is 0 Å². The summed E-state index contributed by atoms with van der Waals surface area (Å²) in [7, 11) is 0. The molecule has 1 aliphatic heterocycles. The number of esters is 1. The molecule has 1 amide bonds. The number of amides is 1. The minimum Gasteiger partial charge on any atom is -0.490 e. The lowest BCUT2D eigenvalue weighted by molar-refractivity contribution is -0.132. The summed E-state index contributed by atoms with van der Waals surface area (Å²) >= 11 is 4.45. The molecule has 0 aromatic heterocycles. The number of hydrogen-bond donors (Lipinski definition) is 1. The molecule has 0 atom stereocenters. The molecule has 1 aromatic rings. The number of nitrogens with zero attached hydrogens (tertiary/aromatic N) is 1. The number of hydrogen-bond acceptors (Lipinski definition) is 6. The molecule has 2 rings (SSSR count). The van der Waals surface area contributed by atoms with Gasteiger partial charge >= 0.3 is 5.97 Å². The largest absolute Gasteiger partial charge is 0.490 e. The first-order valence-electron chi connectivity index (χ1n) is 6.33. The summed E-state index contributed by atoms with van der Waals surface area (Å²) < 4.78 is 11.2. The van der Waals surface area contributed by atoms with Gasteiger partial charge in [0.2, 0.25) is 0 Å². The van der Waals surface area contributed by atoms with Crippen LogP contribution >= 0.6 is 27.7 Å². The molecule has 1 aliphatic rings. The highest BCUT2D eigenvalue weighted by molar-refractivity contribution is 9.10. The molecule has 0 saturated heterocycles. The van der Waals surface area contributed by atoms with Gasteiger partial charge < -0.3 is 15.2 Å². The van der Waals surface area contributed by atoms with Gasteiger partial charge in [-0.1, -0.05) is 0 Å². The second kappa shape index (κ2) is 6.97. The fraction of sp³-hybridized carbons (Fsp3) is 0.214. The van der Waals surface area contributed by atoms with Crippen molar-refractivity contribution in [3.05, 3.63) is 27.1 Å². The summed E-state index contributed by atoms with van der Waals surface area (Å²) in [4.78, 5) is 26.9. The first-order valence-corrected chi connectivity index (χ1v) is 7.94. The maximum absolute atomic E-state index is 11.6. The van der Waals surface area contributed by atoms with E-state index in [-0.39, 0.29) is 11.1 Å². The van der Waals surface area contributed by atoms with Gasteiger partial charge in [0.05, 0.1) is 16.0 Å². The van der Waals surface area contributed by atoms with Crippen LogP contribution < -0.4 is 15.2 Å². The molecular formula is C14H13BrN2O4S. The van der Waals surface area contributed by atoms with Crippen LogP contribution in [0.15, 0.2) is 26.5 Å². The Bertz CT molecular complexity index is 700. The summed E-state index contributed by atoms with van der Waals surface area (Å²) in [5, 5.41) is 0.219. The number of rotatable bonds is 4. The highest BCUT2D eigenvalue weighted by atomic mass is 79.9. The third-order valence-corrected chi connectivity index (χ3v) is 3.91. The molecule has 0 unspecified atom stereocenters. The SMILES string of the molecule is CCOc1cc(/C=C2\SC(N)=NC2=O)cc(Br)c1OC(C)=O. The Kier molecular flexibility index (Phi) is 5.25. The smallest absolute Gasteiger partial charge is 0.308 e. The number of amidine groups is 1. The average molecular weight is 385 g/mol. The van der Waals surface area contributed by atoms with Crippen molar-refractivity contribution in [3.63, 3.8) is 0 Å². The summed E-state index contributed by atoms with van der Waals surface area (Å²) in [6, 6.07) is 3.40. The van der Waals surface area contributed by atoms with Crippen LogP contribution in [0.25, 0.3) is 6.08 Å². The van der Waals surface area contributed by atoms with E-state index in [1.165, 1.54) is 6.92 Å². The molecule has 2 N–H and O–H groups in total. The normalized spacial score (nSPS) is 15.9. The van der Waals surface area contributed by atoms with E-state index in [2.05, 4.69) is 20.9 Å². The number of halogens is 1. The van der Waals surface area contributed by atoms with Crippen LogP contribution in [0.1, 0.15) is 19.4 Å². The van der Waals surface area contributed by atoms with Gasteiger partial charge in [-0.25, -0.2) is 0 Å². The van der Waals surface area contributed by atoms with Crippen LogP contribution in [-0.2, 0) is 9.59 Å². The lowest BCUT2D eigenvalue weighted by Gasteiger charge is -2.12. The monoisotopic (exact) mass is 384 g/mol. The van der Waals surface area contributed by atoms with Crippen LogP contribution in [-0.4, -0.2) is 23.7 Å². The van der Waals surface area contributed by atoms with Crippen molar-refractivity contribution in [2.45, 2.75) is 13.8 Å². The van der Waals surface area contributed by atoms with E-state index in [9.17, 15) is 9.59 Å². The van der Waals surface area contributed by atoms with E-state index >= 15 is 0 Å². The van der Waals surface area contributed by atoms with Crippen molar-refractivity contribution in [2.75, 3.05) is 6.61 Å². The molecule has 116 valence electrons. The Labute approximate surface area is 139 Å². The van der Waals surface area contributed by atoms with E-state index < -0.39 is 5.97 Å². The zero-order valence-electron chi connectivity index (χ0n) is 11.9. The van der Waals surface area contributed by atoms with Gasteiger partial charge in [0, 0.05) is 6.92 Å².